The Kier molecular flexibility index (Phi) is 5.08. The first kappa shape index (κ1) is 24.3. The van der Waals surface area contributed by atoms with Gasteiger partial charge in [0.05, 0.1) is 11.6 Å². The number of anilines is 1. The Labute approximate surface area is 228 Å². The van der Waals surface area contributed by atoms with E-state index in [1.54, 1.807) is 66.7 Å². The Morgan fingerprint density at radius 1 is 0.600 bits per heavy atom. The highest BCUT2D eigenvalue weighted by atomic mass is 16.8. The molecule has 40 heavy (non-hydrogen) atoms. The normalized spacial score (nSPS) is 21.8. The molecule has 4 aromatic carbocycles. The van der Waals surface area contributed by atoms with Crippen molar-refractivity contribution in [1.82, 2.24) is 0 Å². The molecule has 1 fully saturated rings. The van der Waals surface area contributed by atoms with Crippen LogP contribution in [-0.4, -0.2) is 33.9 Å². The molecule has 8 heteroatoms. The van der Waals surface area contributed by atoms with Gasteiger partial charge in [0.2, 0.25) is 17.2 Å². The fourth-order valence-corrected chi connectivity index (χ4v) is 6.75. The van der Waals surface area contributed by atoms with E-state index in [9.17, 15) is 29.6 Å². The number of ether oxygens (including phenoxy) is 1. The fraction of sp³-hybridized carbons (Fsp3) is 0.125. The van der Waals surface area contributed by atoms with Crippen LogP contribution in [0, 0.1) is 10.6 Å². The van der Waals surface area contributed by atoms with Gasteiger partial charge in [-0.2, -0.15) is 0 Å². The summed E-state index contributed by atoms with van der Waals surface area (Å²) >= 11 is 0. The van der Waals surface area contributed by atoms with Gasteiger partial charge < -0.3 is 15.2 Å². The van der Waals surface area contributed by atoms with Gasteiger partial charge in [-0.1, -0.05) is 91.0 Å². The molecule has 1 N–H and O–H groups in total. The predicted molar refractivity (Wildman–Crippen MR) is 142 cm³/mol. The van der Waals surface area contributed by atoms with Crippen molar-refractivity contribution in [3.8, 4) is 0 Å². The summed E-state index contributed by atoms with van der Waals surface area (Å²) in [6, 6.07) is 26.9. The molecule has 0 unspecified atom stereocenters. The Morgan fingerprint density at radius 3 is 1.52 bits per heavy atom. The summed E-state index contributed by atoms with van der Waals surface area (Å²) in [6.07, 6.45) is -1.28. The molecule has 0 radical (unpaired) electrons. The Bertz CT molecular complexity index is 1670. The van der Waals surface area contributed by atoms with Gasteiger partial charge in [-0.05, 0) is 23.3 Å². The van der Waals surface area contributed by atoms with Gasteiger partial charge in [-0.25, -0.2) is 0 Å². The van der Waals surface area contributed by atoms with Crippen LogP contribution in [0.4, 0.5) is 5.69 Å². The van der Waals surface area contributed by atoms with Crippen LogP contribution in [-0.2, 0) is 4.74 Å². The maximum Gasteiger partial charge on any atom is 0.204 e. The lowest BCUT2D eigenvalue weighted by atomic mass is 9.60. The molecule has 0 saturated carbocycles. The highest BCUT2D eigenvalue weighted by molar-refractivity contribution is 6.37. The second-order valence-electron chi connectivity index (χ2n) is 10.2. The highest BCUT2D eigenvalue weighted by Crippen LogP contribution is 2.67. The number of hydrogen-bond donors (Lipinski definition) is 1. The average Bonchev–Trinajstić information content (AvgIpc) is 3.52. The van der Waals surface area contributed by atoms with E-state index in [4.69, 9.17) is 4.74 Å². The zero-order chi connectivity index (χ0) is 27.8. The topological polar surface area (TPSA) is 124 Å². The lowest BCUT2D eigenvalue weighted by Gasteiger charge is -2.35. The highest BCUT2D eigenvalue weighted by Gasteiger charge is 2.79. The van der Waals surface area contributed by atoms with Crippen LogP contribution in [0.3, 0.4) is 0 Å². The number of Topliss-reactive ketones (excluding diaryl/α,β-unsaturated/α-hetero) is 4. The van der Waals surface area contributed by atoms with Gasteiger partial charge in [0.1, 0.15) is 11.5 Å². The van der Waals surface area contributed by atoms with Crippen LogP contribution in [0.15, 0.2) is 103 Å². The molecule has 4 aromatic rings. The summed E-state index contributed by atoms with van der Waals surface area (Å²) in [4.78, 5) is 57.8. The molecule has 0 aromatic heterocycles. The molecule has 7 rings (SSSR count). The van der Waals surface area contributed by atoms with E-state index in [2.05, 4.69) is 0 Å². The maximum absolute atomic E-state index is 14.6. The molecule has 3 aliphatic rings. The molecule has 2 spiro atoms. The fourth-order valence-electron chi connectivity index (χ4n) is 6.75. The van der Waals surface area contributed by atoms with Crippen molar-refractivity contribution in [2.75, 3.05) is 5.23 Å². The minimum Gasteiger partial charge on any atom is -0.733 e. The SMILES string of the molecule is O=C1c2ccccc2C(=O)C12O[C@@H](c1ccccc1)C1(C(=O)c3ccccc3C1=O)[C@@H]2c1ccc(N([O-])O)cc1. The number of carbonyl (C=O) groups is 4. The number of rotatable bonds is 3. The van der Waals surface area contributed by atoms with Crippen LogP contribution in [0.1, 0.15) is 64.6 Å². The third kappa shape index (κ3) is 2.84. The van der Waals surface area contributed by atoms with Gasteiger partial charge in [0, 0.05) is 22.3 Å². The summed E-state index contributed by atoms with van der Waals surface area (Å²) in [5.41, 5.74) is -2.93. The largest absolute Gasteiger partial charge is 0.733 e. The van der Waals surface area contributed by atoms with Crippen molar-refractivity contribution >= 4 is 28.8 Å². The first-order chi connectivity index (χ1) is 19.3. The lowest BCUT2D eigenvalue weighted by Crippen LogP contribution is -2.51. The minimum atomic E-state index is -2.23. The standard InChI is InChI=1S/C32H20NO7/c34-26-21-10-4-5-11-22(21)27(35)31(26)25(18-14-16-20(17-15-18)33(38)39)32(40-30(31)19-8-2-1-3-9-19)28(36)23-12-6-7-13-24(23)29(32)37/h1-17,25,30,38H/q-1/t25-,30-/m0/s1. The first-order valence-corrected chi connectivity index (χ1v) is 12.7. The van der Waals surface area contributed by atoms with Crippen molar-refractivity contribution in [3.05, 3.63) is 142 Å². The van der Waals surface area contributed by atoms with E-state index in [1.807, 2.05) is 0 Å². The predicted octanol–water partition coefficient (Wildman–Crippen LogP) is 5.12. The number of benzene rings is 4. The van der Waals surface area contributed by atoms with Crippen LogP contribution in [0.25, 0.3) is 0 Å². The van der Waals surface area contributed by atoms with Crippen LogP contribution >= 0.6 is 0 Å². The van der Waals surface area contributed by atoms with E-state index in [0.717, 1.165) is 0 Å². The van der Waals surface area contributed by atoms with Crippen molar-refractivity contribution in [1.29, 1.82) is 0 Å². The van der Waals surface area contributed by atoms with Gasteiger partial charge >= 0.3 is 0 Å². The Balaban J connectivity index is 1.57. The van der Waals surface area contributed by atoms with E-state index in [1.165, 1.54) is 36.4 Å². The molecule has 1 heterocycles. The molecule has 0 bridgehead atoms. The molecule has 0 amide bonds. The molecular weight excluding hydrogens is 510 g/mol. The first-order valence-electron chi connectivity index (χ1n) is 12.7. The molecule has 1 aliphatic heterocycles. The van der Waals surface area contributed by atoms with Crippen molar-refractivity contribution in [2.24, 2.45) is 5.41 Å². The van der Waals surface area contributed by atoms with Gasteiger partial charge in [0.25, 0.3) is 0 Å². The molecule has 196 valence electrons. The van der Waals surface area contributed by atoms with Crippen LogP contribution in [0.2, 0.25) is 0 Å². The summed E-state index contributed by atoms with van der Waals surface area (Å²) in [7, 11) is 0. The van der Waals surface area contributed by atoms with Gasteiger partial charge in [-0.15, -0.1) is 0 Å². The zero-order valence-electron chi connectivity index (χ0n) is 20.8. The number of fused-ring (bicyclic) bond motifs is 2. The van der Waals surface area contributed by atoms with Gasteiger partial charge in [0.15, 0.2) is 11.6 Å². The second kappa shape index (κ2) is 8.37. The summed E-state index contributed by atoms with van der Waals surface area (Å²) < 4.78 is 6.60. The third-order valence-electron chi connectivity index (χ3n) is 8.39. The quantitative estimate of drug-likeness (QED) is 0.286. The molecule has 2 atom stereocenters. The van der Waals surface area contributed by atoms with Crippen LogP contribution < -0.4 is 5.23 Å². The smallest absolute Gasteiger partial charge is 0.204 e. The average molecular weight is 531 g/mol. The van der Waals surface area contributed by atoms with Crippen molar-refractivity contribution in [3.63, 3.8) is 0 Å². The number of hydrogen-bond acceptors (Lipinski definition) is 8. The minimum absolute atomic E-state index is 0.106. The number of ketones is 4. The summed E-state index contributed by atoms with van der Waals surface area (Å²) in [6.45, 7) is 0. The second-order valence-corrected chi connectivity index (χ2v) is 10.2. The maximum atomic E-state index is 14.6. The number of nitrogens with zero attached hydrogens (tertiary/aromatic N) is 1. The molecular formula is C32H20NO7-. The van der Waals surface area contributed by atoms with E-state index >= 15 is 0 Å². The van der Waals surface area contributed by atoms with E-state index < -0.39 is 46.2 Å². The van der Waals surface area contributed by atoms with Crippen molar-refractivity contribution in [2.45, 2.75) is 17.6 Å². The summed E-state index contributed by atoms with van der Waals surface area (Å²) in [5, 5.41) is 20.7. The van der Waals surface area contributed by atoms with E-state index in [-0.39, 0.29) is 38.7 Å². The third-order valence-corrected chi connectivity index (χ3v) is 8.39. The van der Waals surface area contributed by atoms with Crippen molar-refractivity contribution < 1.29 is 29.1 Å². The monoisotopic (exact) mass is 530 g/mol. The van der Waals surface area contributed by atoms with E-state index in [0.29, 0.717) is 5.56 Å². The van der Waals surface area contributed by atoms with Gasteiger partial charge in [-0.3, -0.25) is 24.4 Å². The number of carbonyl (C=O) groups excluding carboxylic acids is 4. The Morgan fingerprint density at radius 2 is 1.05 bits per heavy atom. The Hall–Kier alpha value is -4.76. The zero-order valence-corrected chi connectivity index (χ0v) is 20.8. The summed E-state index contributed by atoms with van der Waals surface area (Å²) in [5.74, 6) is -3.74. The lowest BCUT2D eigenvalue weighted by molar-refractivity contribution is -0.0210. The molecule has 8 nitrogen and oxygen atoms in total. The van der Waals surface area contributed by atoms with Crippen LogP contribution in [0.5, 0.6) is 0 Å². The molecule has 2 aliphatic carbocycles. The molecule has 1 saturated heterocycles.